The van der Waals surface area contributed by atoms with Gasteiger partial charge in [0.2, 0.25) is 0 Å². The van der Waals surface area contributed by atoms with Gasteiger partial charge < -0.3 is 9.42 Å². The Bertz CT molecular complexity index is 638. The lowest BCUT2D eigenvalue weighted by atomic mass is 9.99. The highest BCUT2D eigenvalue weighted by molar-refractivity contribution is 8.00. The fraction of sp³-hybridized carbons (Fsp3) is 0.500. The fourth-order valence-corrected chi connectivity index (χ4v) is 3.86. The predicted octanol–water partition coefficient (Wildman–Crippen LogP) is 3.53. The zero-order chi connectivity index (χ0) is 14.8. The van der Waals surface area contributed by atoms with Crippen LogP contribution in [0.1, 0.15) is 47.2 Å². The molecule has 2 aromatic heterocycles. The fourth-order valence-electron chi connectivity index (χ4n) is 2.62. The number of nitrogens with zero attached hydrogens (tertiary/aromatic N) is 3. The van der Waals surface area contributed by atoms with Crippen molar-refractivity contribution in [3.63, 3.8) is 0 Å². The second kappa shape index (κ2) is 6.19. The highest BCUT2D eigenvalue weighted by atomic mass is 32.2. The first kappa shape index (κ1) is 14.6. The number of thioether (sulfide) groups is 1. The van der Waals surface area contributed by atoms with Crippen molar-refractivity contribution >= 4 is 29.0 Å². The quantitative estimate of drug-likeness (QED) is 0.809. The number of thiazole rings is 1. The molecule has 0 saturated carbocycles. The van der Waals surface area contributed by atoms with Crippen molar-refractivity contribution < 1.29 is 9.32 Å². The number of aryl methyl sites for hydroxylation is 1. The van der Waals surface area contributed by atoms with Crippen LogP contribution in [0, 0.1) is 6.92 Å². The molecular formula is C14H17N3O2S2. The zero-order valence-corrected chi connectivity index (χ0v) is 13.7. The molecular weight excluding hydrogens is 306 g/mol. The Morgan fingerprint density at radius 2 is 2.38 bits per heavy atom. The molecule has 1 aliphatic rings. The molecule has 1 amide bonds. The van der Waals surface area contributed by atoms with Crippen molar-refractivity contribution in [2.45, 2.75) is 36.6 Å². The first-order valence-corrected chi connectivity index (χ1v) is 9.03. The molecule has 7 heteroatoms. The van der Waals surface area contributed by atoms with E-state index in [0.717, 1.165) is 41.6 Å². The van der Waals surface area contributed by atoms with Crippen molar-refractivity contribution in [3.8, 4) is 0 Å². The van der Waals surface area contributed by atoms with Gasteiger partial charge in [-0.15, -0.1) is 11.3 Å². The van der Waals surface area contributed by atoms with Crippen LogP contribution in [0.2, 0.25) is 0 Å². The maximum atomic E-state index is 12.7. The molecule has 0 spiro atoms. The van der Waals surface area contributed by atoms with Crippen LogP contribution in [0.3, 0.4) is 0 Å². The summed E-state index contributed by atoms with van der Waals surface area (Å²) in [6.45, 7) is 2.62. The molecule has 2 aromatic rings. The molecule has 1 aliphatic heterocycles. The van der Waals surface area contributed by atoms with Crippen LogP contribution in [0.5, 0.6) is 0 Å². The van der Waals surface area contributed by atoms with Gasteiger partial charge in [0.05, 0.1) is 6.04 Å². The Morgan fingerprint density at radius 3 is 3.05 bits per heavy atom. The van der Waals surface area contributed by atoms with Gasteiger partial charge in [-0.3, -0.25) is 4.79 Å². The molecule has 1 fully saturated rings. The predicted molar refractivity (Wildman–Crippen MR) is 82.8 cm³/mol. The molecule has 112 valence electrons. The summed E-state index contributed by atoms with van der Waals surface area (Å²) in [6.07, 6.45) is 5.03. The summed E-state index contributed by atoms with van der Waals surface area (Å²) >= 11 is 3.08. The highest BCUT2D eigenvalue weighted by Crippen LogP contribution is 2.32. The van der Waals surface area contributed by atoms with Crippen LogP contribution >= 0.6 is 23.1 Å². The van der Waals surface area contributed by atoms with E-state index in [-0.39, 0.29) is 11.9 Å². The van der Waals surface area contributed by atoms with Crippen molar-refractivity contribution in [2.75, 3.05) is 12.8 Å². The normalized spacial score (nSPS) is 19.0. The molecule has 21 heavy (non-hydrogen) atoms. The monoisotopic (exact) mass is 323 g/mol. The number of hydrogen-bond donors (Lipinski definition) is 0. The average molecular weight is 323 g/mol. The number of hydrogen-bond acceptors (Lipinski definition) is 6. The second-order valence-electron chi connectivity index (χ2n) is 5.08. The van der Waals surface area contributed by atoms with E-state index >= 15 is 0 Å². The van der Waals surface area contributed by atoms with Crippen molar-refractivity contribution in [2.24, 2.45) is 0 Å². The van der Waals surface area contributed by atoms with E-state index in [1.807, 2.05) is 29.5 Å². The molecule has 5 nitrogen and oxygen atoms in total. The van der Waals surface area contributed by atoms with Gasteiger partial charge in [0.25, 0.3) is 5.91 Å². The summed E-state index contributed by atoms with van der Waals surface area (Å²) in [5, 5.41) is 5.94. The van der Waals surface area contributed by atoms with E-state index in [1.54, 1.807) is 11.8 Å². The first-order valence-electron chi connectivity index (χ1n) is 6.92. The minimum atomic E-state index is -0.00287. The number of aromatic nitrogens is 2. The standard InChI is InChI=1S/C14H17N3O2S2/c1-9-7-10(16-19-9)12-5-3-4-6-17(12)13(18)11-8-21-14(15-11)20-2/h7-8,12H,3-6H2,1-2H3. The van der Waals surface area contributed by atoms with Gasteiger partial charge in [-0.1, -0.05) is 16.9 Å². The van der Waals surface area contributed by atoms with Gasteiger partial charge in [0.15, 0.2) is 0 Å². The molecule has 0 N–H and O–H groups in total. The van der Waals surface area contributed by atoms with Gasteiger partial charge in [-0.25, -0.2) is 4.98 Å². The smallest absolute Gasteiger partial charge is 0.273 e. The number of carbonyl (C=O) groups excluding carboxylic acids is 1. The highest BCUT2D eigenvalue weighted by Gasteiger charge is 2.31. The van der Waals surface area contributed by atoms with Crippen LogP contribution in [0.15, 0.2) is 20.3 Å². The van der Waals surface area contributed by atoms with Gasteiger partial charge in [0, 0.05) is 18.0 Å². The van der Waals surface area contributed by atoms with E-state index in [9.17, 15) is 4.79 Å². The lowest BCUT2D eigenvalue weighted by Crippen LogP contribution is -2.38. The maximum absolute atomic E-state index is 12.7. The Labute approximate surface area is 131 Å². The largest absolute Gasteiger partial charge is 0.361 e. The van der Waals surface area contributed by atoms with Crippen LogP contribution in [-0.4, -0.2) is 33.7 Å². The molecule has 0 aromatic carbocycles. The minimum Gasteiger partial charge on any atom is -0.361 e. The summed E-state index contributed by atoms with van der Waals surface area (Å²) < 4.78 is 6.09. The van der Waals surface area contributed by atoms with Gasteiger partial charge in [-0.05, 0) is 32.4 Å². The molecule has 3 rings (SSSR count). The molecule has 1 unspecified atom stereocenters. The number of piperidine rings is 1. The lowest BCUT2D eigenvalue weighted by Gasteiger charge is -2.34. The summed E-state index contributed by atoms with van der Waals surface area (Å²) in [5.41, 5.74) is 1.39. The van der Waals surface area contributed by atoms with E-state index in [0.29, 0.717) is 5.69 Å². The molecule has 0 aliphatic carbocycles. The Kier molecular flexibility index (Phi) is 4.30. The SMILES string of the molecule is CSc1nc(C(=O)N2CCCCC2c2cc(C)on2)cs1. The zero-order valence-electron chi connectivity index (χ0n) is 12.0. The average Bonchev–Trinajstić information content (AvgIpc) is 3.15. The minimum absolute atomic E-state index is 0.00287. The first-order chi connectivity index (χ1) is 10.2. The van der Waals surface area contributed by atoms with Gasteiger partial charge >= 0.3 is 0 Å². The van der Waals surface area contributed by atoms with Crippen LogP contribution in [0.25, 0.3) is 0 Å². The third-order valence-electron chi connectivity index (χ3n) is 3.63. The number of rotatable bonds is 3. The Morgan fingerprint density at radius 1 is 1.52 bits per heavy atom. The number of likely N-dealkylation sites (tertiary alicyclic amines) is 1. The van der Waals surface area contributed by atoms with Crippen LogP contribution in [0.4, 0.5) is 0 Å². The Hall–Kier alpha value is -1.34. The molecule has 1 saturated heterocycles. The van der Waals surface area contributed by atoms with Gasteiger partial charge in [-0.2, -0.15) is 0 Å². The van der Waals surface area contributed by atoms with Crippen molar-refractivity contribution in [1.29, 1.82) is 0 Å². The van der Waals surface area contributed by atoms with Crippen LogP contribution in [-0.2, 0) is 0 Å². The molecule has 3 heterocycles. The number of carbonyl (C=O) groups is 1. The van der Waals surface area contributed by atoms with E-state index in [4.69, 9.17) is 4.52 Å². The van der Waals surface area contributed by atoms with E-state index in [2.05, 4.69) is 10.1 Å². The Balaban J connectivity index is 1.85. The summed E-state index contributed by atoms with van der Waals surface area (Å²) in [6, 6.07) is 1.92. The molecule has 0 radical (unpaired) electrons. The third kappa shape index (κ3) is 2.98. The lowest BCUT2D eigenvalue weighted by molar-refractivity contribution is 0.0596. The molecule has 0 bridgehead atoms. The van der Waals surface area contributed by atoms with Gasteiger partial charge in [0.1, 0.15) is 21.5 Å². The maximum Gasteiger partial charge on any atom is 0.273 e. The second-order valence-corrected chi connectivity index (χ2v) is 6.99. The third-order valence-corrected chi connectivity index (χ3v) is 5.49. The van der Waals surface area contributed by atoms with Crippen molar-refractivity contribution in [3.05, 3.63) is 28.6 Å². The van der Waals surface area contributed by atoms with E-state index < -0.39 is 0 Å². The topological polar surface area (TPSA) is 59.2 Å². The number of amides is 1. The summed E-state index contributed by atoms with van der Waals surface area (Å²) in [5.74, 6) is 0.776. The van der Waals surface area contributed by atoms with E-state index in [1.165, 1.54) is 11.3 Å². The van der Waals surface area contributed by atoms with Crippen LogP contribution < -0.4 is 0 Å². The summed E-state index contributed by atoms with van der Waals surface area (Å²) in [7, 11) is 0. The summed E-state index contributed by atoms with van der Waals surface area (Å²) in [4.78, 5) is 19.0. The molecule has 1 atom stereocenters. The van der Waals surface area contributed by atoms with Crippen molar-refractivity contribution in [1.82, 2.24) is 15.0 Å².